The summed E-state index contributed by atoms with van der Waals surface area (Å²) in [6, 6.07) is 18.5. The molecular weight excluding hydrogens is 466 g/mol. The lowest BCUT2D eigenvalue weighted by molar-refractivity contribution is 0.0949. The quantitative estimate of drug-likeness (QED) is 0.324. The van der Waals surface area contributed by atoms with Crippen LogP contribution in [0.15, 0.2) is 59.8 Å². The van der Waals surface area contributed by atoms with Gasteiger partial charge in [-0.3, -0.25) is 9.69 Å². The van der Waals surface area contributed by atoms with Crippen molar-refractivity contribution in [3.05, 3.63) is 82.5 Å². The Balaban J connectivity index is 1.34. The highest BCUT2D eigenvalue weighted by atomic mass is 32.2. The number of carbonyl (C=O) groups is 1. The smallest absolute Gasteiger partial charge is 0.251 e. The Hall–Kier alpha value is -2.90. The van der Waals surface area contributed by atoms with Crippen molar-refractivity contribution in [2.75, 3.05) is 37.6 Å². The summed E-state index contributed by atoms with van der Waals surface area (Å²) in [5, 5.41) is 3.77. The van der Waals surface area contributed by atoms with E-state index in [1.807, 2.05) is 24.3 Å². The van der Waals surface area contributed by atoms with E-state index in [0.717, 1.165) is 66.3 Å². The summed E-state index contributed by atoms with van der Waals surface area (Å²) in [7, 11) is 0. The van der Waals surface area contributed by atoms with Crippen LogP contribution in [0.2, 0.25) is 0 Å². The fourth-order valence-electron chi connectivity index (χ4n) is 4.22. The van der Waals surface area contributed by atoms with E-state index in [1.54, 1.807) is 11.8 Å². The summed E-state index contributed by atoms with van der Waals surface area (Å²) < 4.78 is 0. The third-order valence-electron chi connectivity index (χ3n) is 6.52. The largest absolute Gasteiger partial charge is 0.354 e. The molecule has 0 spiro atoms. The molecule has 0 aliphatic carbocycles. The second kappa shape index (κ2) is 12.4. The van der Waals surface area contributed by atoms with Crippen LogP contribution in [0.3, 0.4) is 0 Å². The minimum absolute atomic E-state index is 0.0195. The van der Waals surface area contributed by atoms with E-state index in [2.05, 4.69) is 73.1 Å². The van der Waals surface area contributed by atoms with Gasteiger partial charge in [0.05, 0.1) is 0 Å². The number of carbonyl (C=O) groups excluding carboxylic acids is 1. The first-order valence-corrected chi connectivity index (χ1v) is 13.7. The zero-order valence-electron chi connectivity index (χ0n) is 21.8. The Morgan fingerprint density at radius 1 is 0.944 bits per heavy atom. The van der Waals surface area contributed by atoms with Crippen molar-refractivity contribution in [2.24, 2.45) is 5.92 Å². The van der Waals surface area contributed by atoms with Crippen LogP contribution < -0.4 is 10.2 Å². The van der Waals surface area contributed by atoms with Crippen LogP contribution in [0.25, 0.3) is 0 Å². The molecule has 1 aromatic heterocycles. The summed E-state index contributed by atoms with van der Waals surface area (Å²) in [6.07, 6.45) is 0. The standard InChI is InChI=1S/C29H37N5OS/c1-21(2)18-30-28(35)26-12-10-25(11-13-26)20-36-29-31-23(4)22(3)27(32-29)34-16-14-33(15-17-34)19-24-8-6-5-7-9-24/h5-13,21H,14-20H2,1-4H3,(H,30,35). The van der Waals surface area contributed by atoms with Gasteiger partial charge in [-0.2, -0.15) is 0 Å². The van der Waals surface area contributed by atoms with Crippen LogP contribution in [-0.4, -0.2) is 53.5 Å². The molecule has 190 valence electrons. The lowest BCUT2D eigenvalue weighted by atomic mass is 10.1. The fourth-order valence-corrected chi connectivity index (χ4v) is 5.06. The molecule has 0 radical (unpaired) electrons. The molecule has 1 aliphatic rings. The van der Waals surface area contributed by atoms with E-state index >= 15 is 0 Å². The second-order valence-electron chi connectivity index (χ2n) is 9.88. The lowest BCUT2D eigenvalue weighted by Gasteiger charge is -2.36. The average Bonchev–Trinajstić information content (AvgIpc) is 2.89. The van der Waals surface area contributed by atoms with E-state index < -0.39 is 0 Å². The summed E-state index contributed by atoms with van der Waals surface area (Å²) >= 11 is 1.65. The van der Waals surface area contributed by atoms with Crippen molar-refractivity contribution >= 4 is 23.5 Å². The first-order valence-electron chi connectivity index (χ1n) is 12.8. The Bertz CT molecular complexity index is 1140. The van der Waals surface area contributed by atoms with E-state index in [4.69, 9.17) is 9.97 Å². The van der Waals surface area contributed by atoms with Crippen LogP contribution in [-0.2, 0) is 12.3 Å². The van der Waals surface area contributed by atoms with E-state index in [0.29, 0.717) is 18.0 Å². The number of rotatable bonds is 9. The molecule has 1 aliphatic heterocycles. The van der Waals surface area contributed by atoms with Crippen LogP contribution in [0, 0.1) is 19.8 Å². The molecule has 1 amide bonds. The van der Waals surface area contributed by atoms with Crippen molar-refractivity contribution in [2.45, 2.75) is 45.1 Å². The number of hydrogen-bond acceptors (Lipinski definition) is 6. The lowest BCUT2D eigenvalue weighted by Crippen LogP contribution is -2.46. The topological polar surface area (TPSA) is 61.4 Å². The van der Waals surface area contributed by atoms with Gasteiger partial charge in [0.15, 0.2) is 5.16 Å². The predicted molar refractivity (Wildman–Crippen MR) is 149 cm³/mol. The van der Waals surface area contributed by atoms with E-state index in [-0.39, 0.29) is 5.91 Å². The number of aryl methyl sites for hydroxylation is 1. The molecule has 1 saturated heterocycles. The summed E-state index contributed by atoms with van der Waals surface area (Å²) in [5.41, 5.74) is 5.40. The highest BCUT2D eigenvalue weighted by molar-refractivity contribution is 7.98. The van der Waals surface area contributed by atoms with Crippen LogP contribution in [0.5, 0.6) is 0 Å². The number of piperazine rings is 1. The number of hydrogen-bond donors (Lipinski definition) is 1. The average molecular weight is 504 g/mol. The molecule has 7 heteroatoms. The molecular formula is C29H37N5OS. The van der Waals surface area contributed by atoms with Crippen molar-refractivity contribution in [3.8, 4) is 0 Å². The van der Waals surface area contributed by atoms with Crippen LogP contribution >= 0.6 is 11.8 Å². The Morgan fingerprint density at radius 2 is 1.64 bits per heavy atom. The normalized spacial score (nSPS) is 14.3. The SMILES string of the molecule is Cc1nc(SCc2ccc(C(=O)NCC(C)C)cc2)nc(N2CCN(Cc3ccccc3)CC2)c1C. The molecule has 2 heterocycles. The van der Waals surface area contributed by atoms with Gasteiger partial charge in [0.2, 0.25) is 0 Å². The predicted octanol–water partition coefficient (Wildman–Crippen LogP) is 5.09. The molecule has 4 rings (SSSR count). The highest BCUT2D eigenvalue weighted by Gasteiger charge is 2.21. The molecule has 0 atom stereocenters. The van der Waals surface area contributed by atoms with Gasteiger partial charge in [0.25, 0.3) is 5.91 Å². The van der Waals surface area contributed by atoms with Crippen molar-refractivity contribution < 1.29 is 4.79 Å². The van der Waals surface area contributed by atoms with Gasteiger partial charge in [-0.25, -0.2) is 9.97 Å². The molecule has 0 bridgehead atoms. The highest BCUT2D eigenvalue weighted by Crippen LogP contribution is 2.27. The maximum atomic E-state index is 12.3. The number of thioether (sulfide) groups is 1. The first-order chi connectivity index (χ1) is 17.4. The summed E-state index contributed by atoms with van der Waals surface area (Å²) in [6.45, 7) is 14.0. The zero-order chi connectivity index (χ0) is 25.5. The van der Waals surface area contributed by atoms with Gasteiger partial charge in [0.1, 0.15) is 5.82 Å². The third-order valence-corrected chi connectivity index (χ3v) is 7.44. The second-order valence-corrected chi connectivity index (χ2v) is 10.8. The summed E-state index contributed by atoms with van der Waals surface area (Å²) in [4.78, 5) is 26.9. The van der Waals surface area contributed by atoms with Gasteiger partial charge in [0, 0.05) is 61.8 Å². The molecule has 0 unspecified atom stereocenters. The van der Waals surface area contributed by atoms with Gasteiger partial charge >= 0.3 is 0 Å². The molecule has 2 aromatic carbocycles. The number of benzene rings is 2. The monoisotopic (exact) mass is 503 g/mol. The molecule has 1 fully saturated rings. The number of aromatic nitrogens is 2. The summed E-state index contributed by atoms with van der Waals surface area (Å²) in [5.74, 6) is 2.24. The third kappa shape index (κ3) is 7.08. The zero-order valence-corrected chi connectivity index (χ0v) is 22.6. The Morgan fingerprint density at radius 3 is 2.31 bits per heavy atom. The fraction of sp³-hybridized carbons (Fsp3) is 0.414. The molecule has 1 N–H and O–H groups in total. The molecule has 6 nitrogen and oxygen atoms in total. The van der Waals surface area contributed by atoms with Crippen molar-refractivity contribution in [1.82, 2.24) is 20.2 Å². The number of nitrogens with zero attached hydrogens (tertiary/aromatic N) is 4. The number of anilines is 1. The molecule has 36 heavy (non-hydrogen) atoms. The molecule has 3 aromatic rings. The number of amides is 1. The Kier molecular flexibility index (Phi) is 8.99. The van der Waals surface area contributed by atoms with Gasteiger partial charge in [-0.1, -0.05) is 68.1 Å². The first kappa shape index (κ1) is 26.2. The van der Waals surface area contributed by atoms with Crippen molar-refractivity contribution in [1.29, 1.82) is 0 Å². The van der Waals surface area contributed by atoms with E-state index in [1.165, 1.54) is 5.56 Å². The van der Waals surface area contributed by atoms with E-state index in [9.17, 15) is 4.79 Å². The van der Waals surface area contributed by atoms with Crippen molar-refractivity contribution in [3.63, 3.8) is 0 Å². The minimum atomic E-state index is -0.0195. The minimum Gasteiger partial charge on any atom is -0.354 e. The van der Waals surface area contributed by atoms with Crippen LogP contribution in [0.1, 0.15) is 46.6 Å². The molecule has 0 saturated carbocycles. The maximum absolute atomic E-state index is 12.3. The number of nitrogens with one attached hydrogen (secondary N) is 1. The maximum Gasteiger partial charge on any atom is 0.251 e. The van der Waals surface area contributed by atoms with Gasteiger partial charge < -0.3 is 10.2 Å². The van der Waals surface area contributed by atoms with Gasteiger partial charge in [-0.05, 0) is 43.0 Å². The van der Waals surface area contributed by atoms with Crippen LogP contribution in [0.4, 0.5) is 5.82 Å². The Labute approximate surface area is 219 Å². The van der Waals surface area contributed by atoms with Gasteiger partial charge in [-0.15, -0.1) is 0 Å².